The Kier molecular flexibility index (Phi) is 15.3. The largest absolute Gasteiger partial charge is 0.310 e. The Hall–Kier alpha value is -12.5. The first-order valence-electron chi connectivity index (χ1n) is 32.1. The van der Waals surface area contributed by atoms with E-state index in [0.717, 1.165) is 101 Å². The minimum absolute atomic E-state index is 0.992. The van der Waals surface area contributed by atoms with E-state index in [9.17, 15) is 0 Å². The minimum Gasteiger partial charge on any atom is -0.310 e. The number of anilines is 9. The van der Waals surface area contributed by atoms with E-state index in [-0.39, 0.29) is 0 Å². The summed E-state index contributed by atoms with van der Waals surface area (Å²) in [5.41, 5.74) is 26.5. The molecular formula is C90H64N4. The van der Waals surface area contributed by atoms with Gasteiger partial charge in [-0.2, -0.15) is 0 Å². The molecule has 15 aromatic carbocycles. The van der Waals surface area contributed by atoms with Gasteiger partial charge in [0.1, 0.15) is 0 Å². The van der Waals surface area contributed by atoms with Gasteiger partial charge in [0.05, 0.1) is 28.1 Å². The van der Waals surface area contributed by atoms with Crippen LogP contribution in [0, 0.1) is 0 Å². The third kappa shape index (κ3) is 11.4. The molecule has 94 heavy (non-hydrogen) atoms. The van der Waals surface area contributed by atoms with Crippen LogP contribution in [0.4, 0.5) is 51.2 Å². The normalized spacial score (nSPS) is 11.2. The predicted molar refractivity (Wildman–Crippen MR) is 397 cm³/mol. The fraction of sp³-hybridized carbons (Fsp3) is 0. The SMILES string of the molecule is c1ccc(-c2ccc(N(c3ccc(-c4ccccc4)cc3)c3cc(N(c4ccc(-c5ccccc5)cc4)c4ccc(-c5ccccc5)cc4)cc(-n4c5ccccc5c5cc(N(c6ccc(-c7ccccc7)cc6)c6ccc(-c7ccccc7)cc6)ccc54)c3)cc2)cc1. The second-order valence-electron chi connectivity index (χ2n) is 23.7. The van der Waals surface area contributed by atoms with E-state index in [1.54, 1.807) is 0 Å². The van der Waals surface area contributed by atoms with Crippen LogP contribution >= 0.6 is 0 Å². The third-order valence-electron chi connectivity index (χ3n) is 18.0. The second-order valence-corrected chi connectivity index (χ2v) is 23.7. The van der Waals surface area contributed by atoms with Gasteiger partial charge in [-0.15, -0.1) is 0 Å². The molecule has 4 nitrogen and oxygen atoms in total. The lowest BCUT2D eigenvalue weighted by atomic mass is 10.0. The fourth-order valence-corrected chi connectivity index (χ4v) is 13.3. The molecule has 0 amide bonds. The molecule has 0 fully saturated rings. The van der Waals surface area contributed by atoms with Crippen molar-refractivity contribution >= 4 is 73.0 Å². The monoisotopic (exact) mass is 1200 g/mol. The van der Waals surface area contributed by atoms with Crippen molar-refractivity contribution in [2.45, 2.75) is 0 Å². The average molecular weight is 1200 g/mol. The van der Waals surface area contributed by atoms with Gasteiger partial charge >= 0.3 is 0 Å². The first kappa shape index (κ1) is 56.7. The van der Waals surface area contributed by atoms with Crippen LogP contribution in [-0.4, -0.2) is 4.57 Å². The Morgan fingerprint density at radius 2 is 0.372 bits per heavy atom. The van der Waals surface area contributed by atoms with E-state index in [0.29, 0.717) is 0 Å². The third-order valence-corrected chi connectivity index (χ3v) is 18.0. The van der Waals surface area contributed by atoms with Crippen LogP contribution in [0.1, 0.15) is 0 Å². The second kappa shape index (κ2) is 25.4. The van der Waals surface area contributed by atoms with Crippen LogP contribution in [0.3, 0.4) is 0 Å². The lowest BCUT2D eigenvalue weighted by molar-refractivity contribution is 1.16. The molecule has 0 bridgehead atoms. The van der Waals surface area contributed by atoms with Gasteiger partial charge in [0, 0.05) is 50.6 Å². The molecule has 0 atom stereocenters. The molecule has 0 aliphatic rings. The number of aromatic nitrogens is 1. The molecule has 444 valence electrons. The number of nitrogens with zero attached hydrogens (tertiary/aromatic N) is 4. The Bertz CT molecular complexity index is 4780. The number of rotatable bonds is 16. The van der Waals surface area contributed by atoms with Gasteiger partial charge < -0.3 is 19.3 Å². The summed E-state index contributed by atoms with van der Waals surface area (Å²) >= 11 is 0. The smallest absolute Gasteiger partial charge is 0.0542 e. The standard InChI is InChI=1S/C90H64N4/c1-7-21-65(22-8-1)71-35-47-77(48-36-71)91(78-49-37-72(38-50-78)66-23-9-2-10-24-66)83-59-60-90-88(64-83)87-33-19-20-34-89(87)94(90)86-62-84(92(79-51-39-73(40-52-79)67-25-11-3-12-26-67)80-53-41-74(42-54-80)68-27-13-4-14-28-68)61-85(63-86)93(81-55-43-75(44-56-81)69-29-15-5-16-30-69)82-57-45-76(46-58-82)70-31-17-6-18-32-70/h1-64H. The zero-order chi connectivity index (χ0) is 62.6. The van der Waals surface area contributed by atoms with Crippen molar-refractivity contribution in [3.63, 3.8) is 0 Å². The molecule has 1 heterocycles. The van der Waals surface area contributed by atoms with E-state index in [4.69, 9.17) is 0 Å². The minimum atomic E-state index is 0.992. The van der Waals surface area contributed by atoms with Crippen LogP contribution in [0.2, 0.25) is 0 Å². The van der Waals surface area contributed by atoms with Crippen LogP contribution in [-0.2, 0) is 0 Å². The van der Waals surface area contributed by atoms with Crippen molar-refractivity contribution < 1.29 is 0 Å². The summed E-state index contributed by atoms with van der Waals surface area (Å²) in [5, 5.41) is 2.29. The van der Waals surface area contributed by atoms with Gasteiger partial charge in [-0.25, -0.2) is 0 Å². The van der Waals surface area contributed by atoms with Gasteiger partial charge in [-0.3, -0.25) is 0 Å². The molecule has 4 heteroatoms. The summed E-state index contributed by atoms with van der Waals surface area (Å²) in [4.78, 5) is 7.23. The maximum atomic E-state index is 2.47. The zero-order valence-corrected chi connectivity index (χ0v) is 51.7. The highest BCUT2D eigenvalue weighted by molar-refractivity contribution is 6.11. The maximum Gasteiger partial charge on any atom is 0.0542 e. The van der Waals surface area contributed by atoms with E-state index < -0.39 is 0 Å². The number of hydrogen-bond donors (Lipinski definition) is 0. The molecule has 0 saturated heterocycles. The van der Waals surface area contributed by atoms with Crippen LogP contribution < -0.4 is 14.7 Å². The summed E-state index contributed by atoms with van der Waals surface area (Å²) in [7, 11) is 0. The molecule has 0 unspecified atom stereocenters. The van der Waals surface area contributed by atoms with Crippen LogP contribution in [0.15, 0.2) is 388 Å². The van der Waals surface area contributed by atoms with Gasteiger partial charge in [-0.05, 0) is 182 Å². The Morgan fingerprint density at radius 1 is 0.149 bits per heavy atom. The van der Waals surface area contributed by atoms with Gasteiger partial charge in [0.25, 0.3) is 0 Å². The average Bonchev–Trinajstić information content (AvgIpc) is 1.54. The Morgan fingerprint density at radius 3 is 0.660 bits per heavy atom. The quantitative estimate of drug-likeness (QED) is 0.0958. The van der Waals surface area contributed by atoms with Crippen LogP contribution in [0.5, 0.6) is 0 Å². The molecule has 16 rings (SSSR count). The Balaban J connectivity index is 0.912. The van der Waals surface area contributed by atoms with Crippen molar-refractivity contribution in [1.82, 2.24) is 4.57 Å². The first-order valence-corrected chi connectivity index (χ1v) is 32.1. The number of hydrogen-bond acceptors (Lipinski definition) is 3. The molecule has 0 spiro atoms. The summed E-state index contributed by atoms with van der Waals surface area (Å²) in [5.74, 6) is 0. The first-order chi connectivity index (χ1) is 46.6. The number of benzene rings is 15. The highest BCUT2D eigenvalue weighted by Crippen LogP contribution is 2.47. The molecule has 0 aliphatic heterocycles. The van der Waals surface area contributed by atoms with Crippen LogP contribution in [0.25, 0.3) is 94.3 Å². The van der Waals surface area contributed by atoms with Crippen molar-refractivity contribution in [1.29, 1.82) is 0 Å². The molecule has 0 saturated carbocycles. The highest BCUT2D eigenvalue weighted by Gasteiger charge is 2.24. The number of para-hydroxylation sites is 1. The van der Waals surface area contributed by atoms with E-state index in [2.05, 4.69) is 408 Å². The molecule has 1 aromatic heterocycles. The van der Waals surface area contributed by atoms with Gasteiger partial charge in [0.2, 0.25) is 0 Å². The van der Waals surface area contributed by atoms with Gasteiger partial charge in [-0.1, -0.05) is 273 Å². The molecule has 0 radical (unpaired) electrons. The van der Waals surface area contributed by atoms with Crippen molar-refractivity contribution in [3.05, 3.63) is 388 Å². The number of fused-ring (bicyclic) bond motifs is 3. The predicted octanol–water partition coefficient (Wildman–Crippen LogP) is 25.2. The maximum absolute atomic E-state index is 2.47. The molecule has 0 aliphatic carbocycles. The van der Waals surface area contributed by atoms with E-state index in [1.807, 2.05) is 0 Å². The van der Waals surface area contributed by atoms with E-state index in [1.165, 1.54) is 44.5 Å². The molecular weight excluding hydrogens is 1140 g/mol. The summed E-state index contributed by atoms with van der Waals surface area (Å²) < 4.78 is 2.47. The van der Waals surface area contributed by atoms with Gasteiger partial charge in [0.15, 0.2) is 0 Å². The lowest BCUT2D eigenvalue weighted by Crippen LogP contribution is -2.14. The Labute approximate surface area is 549 Å². The zero-order valence-electron chi connectivity index (χ0n) is 51.7. The van der Waals surface area contributed by atoms with Crippen molar-refractivity contribution in [2.24, 2.45) is 0 Å². The summed E-state index contributed by atoms with van der Waals surface area (Å²) in [6.07, 6.45) is 0. The lowest BCUT2D eigenvalue weighted by Gasteiger charge is -2.31. The van der Waals surface area contributed by atoms with Crippen molar-refractivity contribution in [2.75, 3.05) is 14.7 Å². The highest BCUT2D eigenvalue weighted by atomic mass is 15.2. The summed E-state index contributed by atoms with van der Waals surface area (Å²) in [6.45, 7) is 0. The summed E-state index contributed by atoms with van der Waals surface area (Å²) in [6, 6.07) is 141. The van der Waals surface area contributed by atoms with E-state index >= 15 is 0 Å². The molecule has 16 aromatic rings. The fourth-order valence-electron chi connectivity index (χ4n) is 13.3. The topological polar surface area (TPSA) is 14.7 Å². The molecule has 0 N–H and O–H groups in total. The van der Waals surface area contributed by atoms with Crippen molar-refractivity contribution in [3.8, 4) is 72.4 Å².